The van der Waals surface area contributed by atoms with Crippen molar-refractivity contribution in [1.29, 1.82) is 0 Å². The molecule has 0 aromatic carbocycles. The van der Waals surface area contributed by atoms with Crippen LogP contribution in [0, 0.1) is 0 Å². The lowest BCUT2D eigenvalue weighted by atomic mass is 10.6. The Morgan fingerprint density at radius 3 is 3.20 bits per heavy atom. The van der Waals surface area contributed by atoms with Crippen molar-refractivity contribution < 1.29 is 9.53 Å². The van der Waals surface area contributed by atoms with Gasteiger partial charge in [-0.1, -0.05) is 0 Å². The van der Waals surface area contributed by atoms with Crippen LogP contribution >= 0.6 is 22.9 Å². The van der Waals surface area contributed by atoms with Gasteiger partial charge < -0.3 is 4.74 Å². The second kappa shape index (κ2) is 3.53. The maximum absolute atomic E-state index is 10.1. The molecule has 0 atom stereocenters. The summed E-state index contributed by atoms with van der Waals surface area (Å²) in [4.78, 5) is 14.7. The Kier molecular flexibility index (Phi) is 2.65. The molecule has 0 saturated carbocycles. The van der Waals surface area contributed by atoms with E-state index in [0.29, 0.717) is 0 Å². The number of halogens is 1. The minimum absolute atomic E-state index is 0.215. The maximum Gasteiger partial charge on any atom is 0.404 e. The van der Waals surface area contributed by atoms with E-state index >= 15 is 0 Å². The predicted octanol–water partition coefficient (Wildman–Crippen LogP) is 2.02. The van der Waals surface area contributed by atoms with E-state index < -0.39 is 5.43 Å². The Bertz CT molecular complexity index is 211. The van der Waals surface area contributed by atoms with E-state index in [-0.39, 0.29) is 6.61 Å². The SMILES string of the molecule is O=C(Cl)OCc1cncs1. The zero-order chi connectivity index (χ0) is 7.40. The molecular formula is C5H4ClNO2S. The molecule has 5 heteroatoms. The van der Waals surface area contributed by atoms with E-state index in [1.165, 1.54) is 11.3 Å². The van der Waals surface area contributed by atoms with Gasteiger partial charge in [-0.2, -0.15) is 0 Å². The van der Waals surface area contributed by atoms with E-state index in [2.05, 4.69) is 9.72 Å². The van der Waals surface area contributed by atoms with Crippen LogP contribution in [0.1, 0.15) is 4.88 Å². The Labute approximate surface area is 66.6 Å². The fourth-order valence-corrected chi connectivity index (χ4v) is 1.00. The van der Waals surface area contributed by atoms with Crippen molar-refractivity contribution in [1.82, 2.24) is 4.98 Å². The lowest BCUT2D eigenvalue weighted by molar-refractivity contribution is 0.168. The summed E-state index contributed by atoms with van der Waals surface area (Å²) < 4.78 is 4.48. The largest absolute Gasteiger partial charge is 0.448 e. The smallest absolute Gasteiger partial charge is 0.404 e. The molecule has 0 unspecified atom stereocenters. The van der Waals surface area contributed by atoms with Gasteiger partial charge in [-0.05, 0) is 0 Å². The van der Waals surface area contributed by atoms with Crippen LogP contribution in [0.25, 0.3) is 0 Å². The summed E-state index contributed by atoms with van der Waals surface area (Å²) in [5.41, 5.74) is 0.880. The van der Waals surface area contributed by atoms with Crippen LogP contribution in [0.15, 0.2) is 11.7 Å². The molecule has 10 heavy (non-hydrogen) atoms. The predicted molar refractivity (Wildman–Crippen MR) is 38.2 cm³/mol. The summed E-state index contributed by atoms with van der Waals surface area (Å²) in [6, 6.07) is 0. The van der Waals surface area contributed by atoms with Gasteiger partial charge >= 0.3 is 5.43 Å². The molecule has 0 aliphatic rings. The molecule has 3 nitrogen and oxygen atoms in total. The quantitative estimate of drug-likeness (QED) is 0.649. The topological polar surface area (TPSA) is 39.2 Å². The van der Waals surface area contributed by atoms with Crippen LogP contribution in [-0.2, 0) is 11.3 Å². The number of carbonyl (C=O) groups excluding carboxylic acids is 1. The van der Waals surface area contributed by atoms with Crippen molar-refractivity contribution in [2.24, 2.45) is 0 Å². The fraction of sp³-hybridized carbons (Fsp3) is 0.200. The molecule has 0 aliphatic carbocycles. The Morgan fingerprint density at radius 2 is 2.70 bits per heavy atom. The molecule has 1 heterocycles. The van der Waals surface area contributed by atoms with Crippen molar-refractivity contribution in [3.8, 4) is 0 Å². The Balaban J connectivity index is 2.35. The molecule has 0 spiro atoms. The van der Waals surface area contributed by atoms with E-state index in [9.17, 15) is 4.79 Å². The van der Waals surface area contributed by atoms with Crippen molar-refractivity contribution in [2.75, 3.05) is 0 Å². The van der Waals surface area contributed by atoms with Crippen LogP contribution in [0.5, 0.6) is 0 Å². The highest BCUT2D eigenvalue weighted by atomic mass is 35.5. The molecule has 0 bridgehead atoms. The fourth-order valence-electron chi connectivity index (χ4n) is 0.441. The summed E-state index contributed by atoms with van der Waals surface area (Å²) in [7, 11) is 0. The van der Waals surface area contributed by atoms with Gasteiger partial charge in [-0.25, -0.2) is 4.79 Å². The number of ether oxygens (including phenoxy) is 1. The van der Waals surface area contributed by atoms with Crippen molar-refractivity contribution >= 4 is 28.4 Å². The van der Waals surface area contributed by atoms with Gasteiger partial charge in [0.05, 0.1) is 10.4 Å². The average Bonchev–Trinajstić information content (AvgIpc) is 2.34. The summed E-state index contributed by atoms with van der Waals surface area (Å²) in [5, 5.41) is 0. The highest BCUT2D eigenvalue weighted by Crippen LogP contribution is 2.07. The van der Waals surface area contributed by atoms with Crippen LogP contribution in [0.3, 0.4) is 0 Å². The van der Waals surface area contributed by atoms with Crippen molar-refractivity contribution in [3.05, 3.63) is 16.6 Å². The monoisotopic (exact) mass is 177 g/mol. The Morgan fingerprint density at radius 1 is 1.90 bits per heavy atom. The zero-order valence-electron chi connectivity index (χ0n) is 4.91. The first-order valence-electron chi connectivity index (χ1n) is 2.48. The highest BCUT2D eigenvalue weighted by Gasteiger charge is 1.97. The normalized spacial score (nSPS) is 9.30. The average molecular weight is 178 g/mol. The third-order valence-electron chi connectivity index (χ3n) is 0.811. The molecular weight excluding hydrogens is 174 g/mol. The van der Waals surface area contributed by atoms with Gasteiger partial charge in [0, 0.05) is 17.8 Å². The van der Waals surface area contributed by atoms with Gasteiger partial charge in [0.25, 0.3) is 0 Å². The Hall–Kier alpha value is -0.610. The number of thiazole rings is 1. The molecule has 0 radical (unpaired) electrons. The number of carbonyl (C=O) groups is 1. The molecule has 0 amide bonds. The third kappa shape index (κ3) is 2.33. The van der Waals surface area contributed by atoms with Crippen LogP contribution in [-0.4, -0.2) is 10.4 Å². The molecule has 1 aromatic rings. The van der Waals surface area contributed by atoms with Gasteiger partial charge in [-0.3, -0.25) is 4.98 Å². The first-order valence-corrected chi connectivity index (χ1v) is 3.74. The number of rotatable bonds is 2. The molecule has 0 fully saturated rings. The second-order valence-corrected chi connectivity index (χ2v) is 2.77. The molecule has 0 saturated heterocycles. The zero-order valence-corrected chi connectivity index (χ0v) is 6.48. The summed E-state index contributed by atoms with van der Waals surface area (Å²) in [6.45, 7) is 0.215. The second-order valence-electron chi connectivity index (χ2n) is 1.49. The van der Waals surface area contributed by atoms with Crippen LogP contribution < -0.4 is 0 Å². The first kappa shape index (κ1) is 7.50. The van der Waals surface area contributed by atoms with E-state index in [1.54, 1.807) is 11.7 Å². The first-order chi connectivity index (χ1) is 4.79. The minimum Gasteiger partial charge on any atom is -0.448 e. The van der Waals surface area contributed by atoms with E-state index in [4.69, 9.17) is 11.6 Å². The molecule has 0 N–H and O–H groups in total. The van der Waals surface area contributed by atoms with Gasteiger partial charge in [0.15, 0.2) is 0 Å². The summed E-state index contributed by atoms with van der Waals surface area (Å²) >= 11 is 6.34. The lowest BCUT2D eigenvalue weighted by Gasteiger charge is -1.93. The van der Waals surface area contributed by atoms with Crippen LogP contribution in [0.2, 0.25) is 0 Å². The van der Waals surface area contributed by atoms with Crippen molar-refractivity contribution in [3.63, 3.8) is 0 Å². The molecule has 1 aromatic heterocycles. The van der Waals surface area contributed by atoms with Crippen molar-refractivity contribution in [2.45, 2.75) is 6.61 Å². The summed E-state index contributed by atoms with van der Waals surface area (Å²) in [6.07, 6.45) is 1.63. The van der Waals surface area contributed by atoms with Crippen LogP contribution in [0.4, 0.5) is 4.79 Å². The van der Waals surface area contributed by atoms with Gasteiger partial charge in [0.1, 0.15) is 6.61 Å². The highest BCUT2D eigenvalue weighted by molar-refractivity contribution is 7.09. The van der Waals surface area contributed by atoms with Gasteiger partial charge in [-0.15, -0.1) is 11.3 Å². The number of hydrogen-bond acceptors (Lipinski definition) is 4. The number of hydrogen-bond donors (Lipinski definition) is 0. The molecule has 1 rings (SSSR count). The summed E-state index contributed by atoms with van der Waals surface area (Å²) in [5.74, 6) is 0. The number of nitrogens with zero attached hydrogens (tertiary/aromatic N) is 1. The standard InChI is InChI=1S/C5H4ClNO2S/c6-5(8)9-2-4-1-7-3-10-4/h1,3H,2H2. The third-order valence-corrected chi connectivity index (χ3v) is 1.67. The molecule has 54 valence electrons. The molecule has 0 aliphatic heterocycles. The maximum atomic E-state index is 10.1. The minimum atomic E-state index is -0.784. The van der Waals surface area contributed by atoms with E-state index in [0.717, 1.165) is 4.88 Å². The lowest BCUT2D eigenvalue weighted by Crippen LogP contribution is -1.91. The number of aromatic nitrogens is 1. The van der Waals surface area contributed by atoms with E-state index in [1.807, 2.05) is 0 Å². The van der Waals surface area contributed by atoms with Gasteiger partial charge in [0.2, 0.25) is 0 Å².